The molecule has 0 saturated carbocycles. The minimum absolute atomic E-state index is 0.522. The Bertz CT molecular complexity index is 900. The minimum Gasteiger partial charge on any atom is -0.497 e. The van der Waals surface area contributed by atoms with E-state index in [0.717, 1.165) is 47.4 Å². The largest absolute Gasteiger partial charge is 0.497 e. The van der Waals surface area contributed by atoms with Gasteiger partial charge in [-0.1, -0.05) is 24.3 Å². The Morgan fingerprint density at radius 1 is 1.20 bits per heavy atom. The molecule has 25 heavy (non-hydrogen) atoms. The summed E-state index contributed by atoms with van der Waals surface area (Å²) in [7, 11) is 1.67. The summed E-state index contributed by atoms with van der Waals surface area (Å²) >= 11 is 0. The van der Waals surface area contributed by atoms with E-state index in [1.807, 2.05) is 25.1 Å². The van der Waals surface area contributed by atoms with Crippen LogP contribution in [0.5, 0.6) is 5.75 Å². The first-order valence-electron chi connectivity index (χ1n) is 8.79. The molecule has 0 radical (unpaired) electrons. The van der Waals surface area contributed by atoms with E-state index in [0.29, 0.717) is 6.54 Å². The number of aryl methyl sites for hydroxylation is 1. The topological polar surface area (TPSA) is 48.5 Å². The number of ether oxygens (including phenoxy) is 1. The number of nitrogens with zero attached hydrogens (tertiary/aromatic N) is 1. The molecule has 4 nitrogen and oxygen atoms in total. The number of hydrogen-bond acceptors (Lipinski definition) is 3. The summed E-state index contributed by atoms with van der Waals surface area (Å²) in [6.45, 7) is 4.55. The summed E-state index contributed by atoms with van der Waals surface area (Å²) in [5.74, 6) is 0.812. The van der Waals surface area contributed by atoms with Gasteiger partial charge < -0.3 is 14.8 Å². The molecule has 1 aromatic heterocycles. The lowest BCUT2D eigenvalue weighted by molar-refractivity contribution is 0.106. The Morgan fingerprint density at radius 2 is 2.00 bits per heavy atom. The van der Waals surface area contributed by atoms with Gasteiger partial charge in [0, 0.05) is 41.8 Å². The summed E-state index contributed by atoms with van der Waals surface area (Å²) in [5.41, 5.74) is 5.84. The van der Waals surface area contributed by atoms with Gasteiger partial charge in [0.25, 0.3) is 0 Å². The van der Waals surface area contributed by atoms with Gasteiger partial charge in [-0.15, -0.1) is 0 Å². The molecular weight excluding hydrogens is 312 g/mol. The maximum Gasteiger partial charge on any atom is 0.119 e. The van der Waals surface area contributed by atoms with Crippen LogP contribution in [0.25, 0.3) is 10.9 Å². The smallest absolute Gasteiger partial charge is 0.119 e. The second-order valence-corrected chi connectivity index (χ2v) is 6.84. The van der Waals surface area contributed by atoms with Crippen LogP contribution in [0.4, 0.5) is 0 Å². The van der Waals surface area contributed by atoms with Crippen molar-refractivity contribution in [3.8, 4) is 5.75 Å². The first-order chi connectivity index (χ1) is 12.2. The molecule has 1 aliphatic rings. The van der Waals surface area contributed by atoms with Gasteiger partial charge >= 0.3 is 0 Å². The third kappa shape index (κ3) is 3.03. The third-order valence-electron chi connectivity index (χ3n) is 5.22. The van der Waals surface area contributed by atoms with Crippen LogP contribution in [0.2, 0.25) is 0 Å². The fourth-order valence-corrected chi connectivity index (χ4v) is 3.93. The molecule has 2 N–H and O–H groups in total. The van der Waals surface area contributed by atoms with Crippen LogP contribution in [0.15, 0.2) is 42.5 Å². The number of rotatable bonds is 4. The van der Waals surface area contributed by atoms with E-state index < -0.39 is 6.10 Å². The molecule has 0 spiro atoms. The van der Waals surface area contributed by atoms with E-state index in [2.05, 4.69) is 34.1 Å². The van der Waals surface area contributed by atoms with Gasteiger partial charge in [0.1, 0.15) is 5.75 Å². The number of aromatic amines is 1. The molecule has 2 heterocycles. The lowest BCUT2D eigenvalue weighted by Crippen LogP contribution is -2.34. The number of methoxy groups -OCH3 is 1. The Hall–Kier alpha value is -2.30. The number of aromatic nitrogens is 1. The molecule has 1 atom stereocenters. The molecule has 0 fully saturated rings. The minimum atomic E-state index is -0.522. The first kappa shape index (κ1) is 16.2. The number of aliphatic hydroxyl groups excluding tert-OH is 1. The van der Waals surface area contributed by atoms with Crippen LogP contribution in [-0.4, -0.2) is 35.2 Å². The highest BCUT2D eigenvalue weighted by Crippen LogP contribution is 2.32. The highest BCUT2D eigenvalue weighted by Gasteiger charge is 2.22. The predicted molar refractivity (Wildman–Crippen MR) is 100.0 cm³/mol. The van der Waals surface area contributed by atoms with Gasteiger partial charge in [-0.2, -0.15) is 0 Å². The molecular formula is C21H24N2O2. The van der Waals surface area contributed by atoms with Crippen molar-refractivity contribution in [2.45, 2.75) is 26.0 Å². The van der Waals surface area contributed by atoms with E-state index in [1.165, 1.54) is 11.1 Å². The molecule has 130 valence electrons. The molecule has 1 aliphatic heterocycles. The van der Waals surface area contributed by atoms with E-state index in [-0.39, 0.29) is 0 Å². The Morgan fingerprint density at radius 3 is 2.80 bits per heavy atom. The van der Waals surface area contributed by atoms with Crippen molar-refractivity contribution < 1.29 is 9.84 Å². The zero-order valence-electron chi connectivity index (χ0n) is 14.7. The number of hydrogen-bond donors (Lipinski definition) is 2. The van der Waals surface area contributed by atoms with Crippen LogP contribution < -0.4 is 4.74 Å². The standard InChI is InChI=1S/C21H24N2O2/c1-14-21(18-11-17(25-2)7-8-19(18)22-14)20(24)13-23-10-9-15-5-3-4-6-16(15)12-23/h3-8,11,20,22,24H,9-10,12-13H2,1-2H3/t20-/m0/s1. The van der Waals surface area contributed by atoms with Gasteiger partial charge in [0.2, 0.25) is 0 Å². The lowest BCUT2D eigenvalue weighted by atomic mass is 9.98. The number of nitrogens with one attached hydrogen (secondary N) is 1. The normalized spacial score (nSPS) is 16.0. The number of fused-ring (bicyclic) bond motifs is 2. The molecule has 0 amide bonds. The van der Waals surface area contributed by atoms with Gasteiger partial charge in [-0.25, -0.2) is 0 Å². The van der Waals surface area contributed by atoms with Gasteiger partial charge in [-0.05, 0) is 42.7 Å². The first-order valence-corrected chi connectivity index (χ1v) is 8.79. The Labute approximate surface area is 148 Å². The van der Waals surface area contributed by atoms with Crippen LogP contribution in [0, 0.1) is 6.92 Å². The molecule has 0 saturated heterocycles. The average molecular weight is 336 g/mol. The van der Waals surface area contributed by atoms with Crippen molar-refractivity contribution in [3.05, 3.63) is 64.8 Å². The fourth-order valence-electron chi connectivity index (χ4n) is 3.93. The quantitative estimate of drug-likeness (QED) is 0.766. The highest BCUT2D eigenvalue weighted by atomic mass is 16.5. The molecule has 0 aliphatic carbocycles. The summed E-state index contributed by atoms with van der Waals surface area (Å²) < 4.78 is 5.35. The van der Waals surface area contributed by atoms with Gasteiger partial charge in [-0.3, -0.25) is 4.90 Å². The maximum atomic E-state index is 10.9. The highest BCUT2D eigenvalue weighted by molar-refractivity contribution is 5.86. The van der Waals surface area contributed by atoms with Crippen molar-refractivity contribution in [2.24, 2.45) is 0 Å². The molecule has 3 aromatic rings. The number of H-pyrrole nitrogens is 1. The average Bonchev–Trinajstić information content (AvgIpc) is 2.96. The van der Waals surface area contributed by atoms with Crippen LogP contribution in [-0.2, 0) is 13.0 Å². The summed E-state index contributed by atoms with van der Waals surface area (Å²) in [4.78, 5) is 5.72. The SMILES string of the molecule is COc1ccc2[nH]c(C)c([C@@H](O)CN3CCc4ccccc4C3)c2c1. The molecule has 0 bridgehead atoms. The van der Waals surface area contributed by atoms with Gasteiger partial charge in [0.05, 0.1) is 13.2 Å². The second-order valence-electron chi connectivity index (χ2n) is 6.84. The second kappa shape index (κ2) is 6.54. The number of aliphatic hydroxyl groups is 1. The Kier molecular flexibility index (Phi) is 4.24. The van der Waals surface area contributed by atoms with Crippen molar-refractivity contribution in [1.82, 2.24) is 9.88 Å². The van der Waals surface area contributed by atoms with Crippen LogP contribution in [0.3, 0.4) is 0 Å². The molecule has 4 rings (SSSR count). The third-order valence-corrected chi connectivity index (χ3v) is 5.22. The molecule has 4 heteroatoms. The predicted octanol–water partition coefficient (Wildman–Crippen LogP) is 3.58. The number of β-amino-alcohol motifs (C(OH)–C–C–N with tert-alkyl or cyclic N) is 1. The van der Waals surface area contributed by atoms with E-state index in [1.54, 1.807) is 7.11 Å². The van der Waals surface area contributed by atoms with E-state index >= 15 is 0 Å². The van der Waals surface area contributed by atoms with Crippen molar-refractivity contribution in [3.63, 3.8) is 0 Å². The van der Waals surface area contributed by atoms with E-state index in [4.69, 9.17) is 4.74 Å². The van der Waals surface area contributed by atoms with Crippen molar-refractivity contribution in [1.29, 1.82) is 0 Å². The van der Waals surface area contributed by atoms with E-state index in [9.17, 15) is 5.11 Å². The Balaban J connectivity index is 1.58. The monoisotopic (exact) mass is 336 g/mol. The fraction of sp³-hybridized carbons (Fsp3) is 0.333. The number of benzene rings is 2. The van der Waals surface area contributed by atoms with Crippen LogP contribution >= 0.6 is 0 Å². The summed E-state index contributed by atoms with van der Waals surface area (Å²) in [5, 5.41) is 12.0. The van der Waals surface area contributed by atoms with Gasteiger partial charge in [0.15, 0.2) is 0 Å². The molecule has 2 aromatic carbocycles. The lowest BCUT2D eigenvalue weighted by Gasteiger charge is -2.30. The van der Waals surface area contributed by atoms with Crippen molar-refractivity contribution >= 4 is 10.9 Å². The summed E-state index contributed by atoms with van der Waals surface area (Å²) in [6.07, 6.45) is 0.523. The zero-order chi connectivity index (χ0) is 17.4. The zero-order valence-corrected chi connectivity index (χ0v) is 14.7. The van der Waals surface area contributed by atoms with Crippen LogP contribution in [0.1, 0.15) is 28.5 Å². The molecule has 0 unspecified atom stereocenters. The maximum absolute atomic E-state index is 10.9. The summed E-state index contributed by atoms with van der Waals surface area (Å²) in [6, 6.07) is 14.5. The van der Waals surface area contributed by atoms with Crippen molar-refractivity contribution in [2.75, 3.05) is 20.2 Å².